The van der Waals surface area contributed by atoms with Crippen LogP contribution in [0.4, 0.5) is 0 Å². The fraction of sp³-hybridized carbons (Fsp3) is 0.562. The maximum absolute atomic E-state index is 12.6. The number of benzene rings is 1. The topological polar surface area (TPSA) is 44.4 Å². The zero-order valence-corrected chi connectivity index (χ0v) is 13.1. The van der Waals surface area contributed by atoms with E-state index < -0.39 is 0 Å². The van der Waals surface area contributed by atoms with E-state index in [0.29, 0.717) is 5.92 Å². The van der Waals surface area contributed by atoms with Gasteiger partial charge in [0.2, 0.25) is 5.91 Å². The molecule has 0 saturated carbocycles. The maximum atomic E-state index is 12.6. The van der Waals surface area contributed by atoms with E-state index in [-0.39, 0.29) is 18.0 Å². The monoisotopic (exact) mass is 307 g/mol. The highest BCUT2D eigenvalue weighted by Gasteiger charge is 2.34. The molecule has 2 heterocycles. The molecule has 0 aromatic heterocycles. The van der Waals surface area contributed by atoms with Gasteiger partial charge in [-0.05, 0) is 42.9 Å². The zero-order valence-electron chi connectivity index (χ0n) is 12.3. The number of rotatable bonds is 2. The van der Waals surface area contributed by atoms with E-state index in [4.69, 9.17) is 11.6 Å². The van der Waals surface area contributed by atoms with E-state index in [2.05, 4.69) is 17.8 Å². The molecule has 2 N–H and O–H groups in total. The molecule has 3 rings (SSSR count). The summed E-state index contributed by atoms with van der Waals surface area (Å²) in [4.78, 5) is 14.6. The number of hydrazine groups is 1. The predicted octanol–water partition coefficient (Wildman–Crippen LogP) is 2.51. The molecule has 2 fully saturated rings. The second-order valence-electron chi connectivity index (χ2n) is 6.22. The van der Waals surface area contributed by atoms with Crippen LogP contribution in [0.3, 0.4) is 0 Å². The lowest BCUT2D eigenvalue weighted by Crippen LogP contribution is -2.48. The fourth-order valence-corrected chi connectivity index (χ4v) is 3.47. The summed E-state index contributed by atoms with van der Waals surface area (Å²) in [5.41, 5.74) is 7.50. The Bertz CT molecular complexity index is 522. The van der Waals surface area contributed by atoms with Crippen molar-refractivity contribution in [3.63, 3.8) is 0 Å². The average Bonchev–Trinajstić information content (AvgIpc) is 2.96. The van der Waals surface area contributed by atoms with Crippen LogP contribution in [0.25, 0.3) is 0 Å². The largest absolute Gasteiger partial charge is 0.341 e. The SMILES string of the molecule is CC1CCCN(C(=O)C2CC(c3cccc(Cl)c3)NN2)C1. The number of carbonyl (C=O) groups is 1. The summed E-state index contributed by atoms with van der Waals surface area (Å²) >= 11 is 6.04. The van der Waals surface area contributed by atoms with Crippen LogP contribution in [0.5, 0.6) is 0 Å². The quantitative estimate of drug-likeness (QED) is 0.882. The van der Waals surface area contributed by atoms with E-state index in [1.807, 2.05) is 29.2 Å². The molecule has 21 heavy (non-hydrogen) atoms. The molecule has 1 amide bonds. The van der Waals surface area contributed by atoms with Gasteiger partial charge in [-0.1, -0.05) is 30.7 Å². The van der Waals surface area contributed by atoms with Gasteiger partial charge in [-0.2, -0.15) is 0 Å². The Hall–Kier alpha value is -1.10. The van der Waals surface area contributed by atoms with E-state index in [9.17, 15) is 4.79 Å². The molecule has 114 valence electrons. The van der Waals surface area contributed by atoms with Crippen LogP contribution in [0.2, 0.25) is 5.02 Å². The van der Waals surface area contributed by atoms with Crippen molar-refractivity contribution in [3.05, 3.63) is 34.9 Å². The Morgan fingerprint density at radius 1 is 1.38 bits per heavy atom. The first-order valence-electron chi connectivity index (χ1n) is 7.69. The van der Waals surface area contributed by atoms with Gasteiger partial charge in [0.05, 0.1) is 0 Å². The normalized spacial score (nSPS) is 29.6. The number of piperidine rings is 1. The van der Waals surface area contributed by atoms with Gasteiger partial charge >= 0.3 is 0 Å². The molecule has 4 nitrogen and oxygen atoms in total. The molecule has 0 radical (unpaired) electrons. The molecular formula is C16H22ClN3O. The minimum atomic E-state index is -0.140. The molecule has 5 heteroatoms. The third-order valence-corrected chi connectivity index (χ3v) is 4.66. The standard InChI is InChI=1S/C16H22ClN3O/c1-11-4-3-7-20(10-11)16(21)15-9-14(18-19-15)12-5-2-6-13(17)8-12/h2,5-6,8,11,14-15,18-19H,3-4,7,9-10H2,1H3. The minimum absolute atomic E-state index is 0.139. The summed E-state index contributed by atoms with van der Waals surface area (Å²) in [6.45, 7) is 4.00. The van der Waals surface area contributed by atoms with Gasteiger partial charge in [0.25, 0.3) is 0 Å². The first kappa shape index (κ1) is 14.8. The van der Waals surface area contributed by atoms with Crippen molar-refractivity contribution in [1.29, 1.82) is 0 Å². The van der Waals surface area contributed by atoms with Crippen molar-refractivity contribution in [1.82, 2.24) is 15.8 Å². The van der Waals surface area contributed by atoms with E-state index in [1.54, 1.807) is 0 Å². The van der Waals surface area contributed by atoms with Crippen LogP contribution in [0, 0.1) is 5.92 Å². The van der Waals surface area contributed by atoms with Gasteiger partial charge in [-0.25, -0.2) is 10.9 Å². The first-order valence-corrected chi connectivity index (χ1v) is 8.06. The minimum Gasteiger partial charge on any atom is -0.341 e. The van der Waals surface area contributed by atoms with Gasteiger partial charge in [0.15, 0.2) is 0 Å². The lowest BCUT2D eigenvalue weighted by atomic mass is 9.98. The van der Waals surface area contributed by atoms with Crippen molar-refractivity contribution in [2.45, 2.75) is 38.3 Å². The molecule has 2 aliphatic rings. The molecule has 3 atom stereocenters. The number of nitrogens with zero attached hydrogens (tertiary/aromatic N) is 1. The number of nitrogens with one attached hydrogen (secondary N) is 2. The Kier molecular flexibility index (Phi) is 4.48. The van der Waals surface area contributed by atoms with Crippen molar-refractivity contribution >= 4 is 17.5 Å². The summed E-state index contributed by atoms with van der Waals surface area (Å²) in [6.07, 6.45) is 3.11. The van der Waals surface area contributed by atoms with Crippen LogP contribution in [0.1, 0.15) is 37.8 Å². The smallest absolute Gasteiger partial charge is 0.241 e. The summed E-state index contributed by atoms with van der Waals surface area (Å²) in [5.74, 6) is 0.833. The van der Waals surface area contributed by atoms with Crippen molar-refractivity contribution in [3.8, 4) is 0 Å². The maximum Gasteiger partial charge on any atom is 0.241 e. The lowest BCUT2D eigenvalue weighted by molar-refractivity contribution is -0.134. The second kappa shape index (κ2) is 6.34. The Labute approximate surface area is 130 Å². The van der Waals surface area contributed by atoms with E-state index in [0.717, 1.165) is 36.5 Å². The summed E-state index contributed by atoms with van der Waals surface area (Å²) < 4.78 is 0. The van der Waals surface area contributed by atoms with Crippen LogP contribution >= 0.6 is 11.6 Å². The lowest BCUT2D eigenvalue weighted by Gasteiger charge is -2.32. The molecule has 2 saturated heterocycles. The molecule has 1 aromatic carbocycles. The number of likely N-dealkylation sites (tertiary alicyclic amines) is 1. The molecular weight excluding hydrogens is 286 g/mol. The van der Waals surface area contributed by atoms with E-state index in [1.165, 1.54) is 6.42 Å². The molecule has 0 spiro atoms. The van der Waals surface area contributed by atoms with Crippen LogP contribution < -0.4 is 10.9 Å². The fourth-order valence-electron chi connectivity index (χ4n) is 3.27. The zero-order chi connectivity index (χ0) is 14.8. The Balaban J connectivity index is 1.62. The highest BCUT2D eigenvalue weighted by atomic mass is 35.5. The van der Waals surface area contributed by atoms with Crippen molar-refractivity contribution in [2.75, 3.05) is 13.1 Å². The summed E-state index contributed by atoms with van der Waals surface area (Å²) in [5, 5.41) is 0.730. The Morgan fingerprint density at radius 3 is 3.00 bits per heavy atom. The van der Waals surface area contributed by atoms with Crippen molar-refractivity contribution < 1.29 is 4.79 Å². The van der Waals surface area contributed by atoms with E-state index >= 15 is 0 Å². The third-order valence-electron chi connectivity index (χ3n) is 4.42. The van der Waals surface area contributed by atoms with Crippen LogP contribution in [-0.4, -0.2) is 29.9 Å². The number of carbonyl (C=O) groups excluding carboxylic acids is 1. The number of halogens is 1. The number of amides is 1. The van der Waals surface area contributed by atoms with Crippen LogP contribution in [0.15, 0.2) is 24.3 Å². The summed E-state index contributed by atoms with van der Waals surface area (Å²) in [6, 6.07) is 7.81. The van der Waals surface area contributed by atoms with Gasteiger partial charge in [-0.15, -0.1) is 0 Å². The molecule has 1 aromatic rings. The van der Waals surface area contributed by atoms with Gasteiger partial charge < -0.3 is 4.90 Å². The molecule has 3 unspecified atom stereocenters. The third kappa shape index (κ3) is 3.39. The van der Waals surface area contributed by atoms with Gasteiger partial charge in [-0.3, -0.25) is 4.79 Å². The molecule has 0 bridgehead atoms. The first-order chi connectivity index (χ1) is 10.1. The average molecular weight is 308 g/mol. The molecule has 2 aliphatic heterocycles. The number of hydrogen-bond donors (Lipinski definition) is 2. The predicted molar refractivity (Wildman–Crippen MR) is 83.8 cm³/mol. The van der Waals surface area contributed by atoms with Crippen LogP contribution in [-0.2, 0) is 4.79 Å². The second-order valence-corrected chi connectivity index (χ2v) is 6.65. The summed E-state index contributed by atoms with van der Waals surface area (Å²) in [7, 11) is 0. The highest BCUT2D eigenvalue weighted by Crippen LogP contribution is 2.26. The Morgan fingerprint density at radius 2 is 2.24 bits per heavy atom. The number of hydrogen-bond acceptors (Lipinski definition) is 3. The van der Waals surface area contributed by atoms with Gasteiger partial charge in [0.1, 0.15) is 6.04 Å². The highest BCUT2D eigenvalue weighted by molar-refractivity contribution is 6.30. The van der Waals surface area contributed by atoms with Crippen molar-refractivity contribution in [2.24, 2.45) is 5.92 Å². The van der Waals surface area contributed by atoms with Gasteiger partial charge in [0, 0.05) is 24.2 Å². The molecule has 0 aliphatic carbocycles.